The molecule has 1 aliphatic rings. The second-order valence-corrected chi connectivity index (χ2v) is 12.7. The van der Waals surface area contributed by atoms with Crippen LogP contribution >= 0.6 is 0 Å². The first-order valence-corrected chi connectivity index (χ1v) is 15.9. The molecule has 1 aromatic heterocycles. The standard InChI is InChI=1S/C37H49N3O6/c1-9-11-12-13-21-45-33-23-27(35(41)44-8)14-15-29(33)31-25-38(17-10-2)19-20-39(31)24-30-28-16-18-40(36(42)46-37(4,5)6)34(28)26(3)22-32(30)43-7/h9-10,14-16,18,22-23,31H,1-2,11-13,17,19-21,24-25H2,3-8H3. The Hall–Kier alpha value is -4.08. The second kappa shape index (κ2) is 15.5. The summed E-state index contributed by atoms with van der Waals surface area (Å²) < 4.78 is 24.6. The van der Waals surface area contributed by atoms with Crippen molar-refractivity contribution in [3.8, 4) is 11.5 Å². The Morgan fingerprint density at radius 2 is 1.80 bits per heavy atom. The van der Waals surface area contributed by atoms with E-state index < -0.39 is 17.7 Å². The molecule has 0 N–H and O–H groups in total. The molecule has 1 atom stereocenters. The zero-order valence-electron chi connectivity index (χ0n) is 28.3. The molecule has 1 saturated heterocycles. The third-order valence-electron chi connectivity index (χ3n) is 8.22. The van der Waals surface area contributed by atoms with Crippen LogP contribution in [0.2, 0.25) is 0 Å². The number of aromatic nitrogens is 1. The van der Waals surface area contributed by atoms with Crippen molar-refractivity contribution in [1.82, 2.24) is 14.4 Å². The van der Waals surface area contributed by atoms with Gasteiger partial charge in [0, 0.05) is 55.4 Å². The summed E-state index contributed by atoms with van der Waals surface area (Å²) in [5, 5.41) is 0.940. The van der Waals surface area contributed by atoms with Gasteiger partial charge in [0.05, 0.1) is 37.9 Å². The zero-order chi connectivity index (χ0) is 33.4. The van der Waals surface area contributed by atoms with Gasteiger partial charge in [-0.1, -0.05) is 18.2 Å². The van der Waals surface area contributed by atoms with E-state index in [4.69, 9.17) is 18.9 Å². The number of unbranched alkanes of at least 4 members (excludes halogenated alkanes) is 2. The number of benzene rings is 2. The largest absolute Gasteiger partial charge is 0.496 e. The number of methoxy groups -OCH3 is 2. The molecule has 0 bridgehead atoms. The number of fused-ring (bicyclic) bond motifs is 1. The van der Waals surface area contributed by atoms with Crippen LogP contribution in [0.25, 0.3) is 10.9 Å². The van der Waals surface area contributed by atoms with Crippen molar-refractivity contribution in [2.45, 2.75) is 65.1 Å². The number of carbonyl (C=O) groups is 2. The van der Waals surface area contributed by atoms with Gasteiger partial charge in [-0.25, -0.2) is 9.59 Å². The highest BCUT2D eigenvalue weighted by atomic mass is 16.6. The number of aryl methyl sites for hydroxylation is 1. The fraction of sp³-hybridized carbons (Fsp3) is 0.459. The number of esters is 1. The smallest absolute Gasteiger partial charge is 0.419 e. The minimum Gasteiger partial charge on any atom is -0.496 e. The van der Waals surface area contributed by atoms with Gasteiger partial charge in [-0.05, 0) is 76.8 Å². The Kier molecular flexibility index (Phi) is 11.7. The maximum Gasteiger partial charge on any atom is 0.419 e. The van der Waals surface area contributed by atoms with Crippen LogP contribution in [0.5, 0.6) is 11.5 Å². The number of hydrogen-bond donors (Lipinski definition) is 0. The lowest BCUT2D eigenvalue weighted by Gasteiger charge is -2.42. The van der Waals surface area contributed by atoms with E-state index in [1.807, 2.05) is 64.1 Å². The molecule has 0 saturated carbocycles. The number of carbonyl (C=O) groups excluding carboxylic acids is 2. The highest BCUT2D eigenvalue weighted by Gasteiger charge is 2.32. The molecule has 3 aromatic rings. The molecule has 248 valence electrons. The highest BCUT2D eigenvalue weighted by Crippen LogP contribution is 2.38. The molecular weight excluding hydrogens is 582 g/mol. The van der Waals surface area contributed by atoms with E-state index in [0.29, 0.717) is 24.5 Å². The van der Waals surface area contributed by atoms with Crippen molar-refractivity contribution in [3.05, 3.63) is 84.1 Å². The lowest BCUT2D eigenvalue weighted by molar-refractivity contribution is 0.0542. The summed E-state index contributed by atoms with van der Waals surface area (Å²) >= 11 is 0. The third-order valence-corrected chi connectivity index (χ3v) is 8.22. The van der Waals surface area contributed by atoms with Crippen molar-refractivity contribution in [2.24, 2.45) is 0 Å². The molecule has 4 rings (SSSR count). The molecule has 1 aliphatic heterocycles. The summed E-state index contributed by atoms with van der Waals surface area (Å²) in [6.45, 7) is 19.6. The Bertz CT molecular complexity index is 1550. The van der Waals surface area contributed by atoms with Crippen LogP contribution < -0.4 is 9.47 Å². The van der Waals surface area contributed by atoms with E-state index in [-0.39, 0.29) is 6.04 Å². The van der Waals surface area contributed by atoms with Gasteiger partial charge in [-0.2, -0.15) is 0 Å². The first-order valence-electron chi connectivity index (χ1n) is 15.9. The van der Waals surface area contributed by atoms with Gasteiger partial charge < -0.3 is 18.9 Å². The molecule has 0 aliphatic carbocycles. The fourth-order valence-electron chi connectivity index (χ4n) is 6.04. The molecule has 0 amide bonds. The quantitative estimate of drug-likeness (QED) is 0.110. The molecule has 0 spiro atoms. The summed E-state index contributed by atoms with van der Waals surface area (Å²) in [6.07, 6.45) is 7.97. The van der Waals surface area contributed by atoms with Gasteiger partial charge in [0.25, 0.3) is 0 Å². The Labute approximate surface area is 273 Å². The zero-order valence-corrected chi connectivity index (χ0v) is 28.3. The molecule has 2 aromatic carbocycles. The summed E-state index contributed by atoms with van der Waals surface area (Å²) in [5.41, 5.74) is 3.54. The van der Waals surface area contributed by atoms with Gasteiger partial charge in [-0.15, -0.1) is 13.2 Å². The lowest BCUT2D eigenvalue weighted by Crippen LogP contribution is -2.48. The first kappa shape index (κ1) is 34.8. The van der Waals surface area contributed by atoms with Gasteiger partial charge in [0.15, 0.2) is 0 Å². The molecule has 1 fully saturated rings. The predicted molar refractivity (Wildman–Crippen MR) is 182 cm³/mol. The van der Waals surface area contributed by atoms with E-state index in [1.54, 1.807) is 23.9 Å². The molecular formula is C37H49N3O6. The van der Waals surface area contributed by atoms with Gasteiger partial charge in [0.2, 0.25) is 0 Å². The Balaban J connectivity index is 1.76. The average Bonchev–Trinajstić information content (AvgIpc) is 3.48. The topological polar surface area (TPSA) is 82.5 Å². The van der Waals surface area contributed by atoms with Crippen molar-refractivity contribution in [1.29, 1.82) is 0 Å². The Morgan fingerprint density at radius 1 is 1.02 bits per heavy atom. The van der Waals surface area contributed by atoms with E-state index in [0.717, 1.165) is 78.8 Å². The molecule has 1 unspecified atom stereocenters. The predicted octanol–water partition coefficient (Wildman–Crippen LogP) is 7.31. The van der Waals surface area contributed by atoms with Crippen LogP contribution in [0.4, 0.5) is 4.79 Å². The fourth-order valence-corrected chi connectivity index (χ4v) is 6.04. The lowest BCUT2D eigenvalue weighted by atomic mass is 9.97. The summed E-state index contributed by atoms with van der Waals surface area (Å²) in [4.78, 5) is 30.5. The normalized spacial score (nSPS) is 15.8. The van der Waals surface area contributed by atoms with Gasteiger partial charge >= 0.3 is 12.1 Å². The van der Waals surface area contributed by atoms with E-state index in [9.17, 15) is 9.59 Å². The maximum atomic E-state index is 13.2. The Morgan fingerprint density at radius 3 is 2.48 bits per heavy atom. The summed E-state index contributed by atoms with van der Waals surface area (Å²) in [6, 6.07) is 9.49. The molecule has 0 radical (unpaired) electrons. The number of hydrogen-bond acceptors (Lipinski definition) is 8. The van der Waals surface area contributed by atoms with Crippen LogP contribution in [-0.4, -0.2) is 79.0 Å². The van der Waals surface area contributed by atoms with Crippen LogP contribution in [-0.2, 0) is 16.0 Å². The van der Waals surface area contributed by atoms with Crippen LogP contribution in [0.1, 0.15) is 73.1 Å². The number of nitrogens with zero attached hydrogens (tertiary/aromatic N) is 3. The van der Waals surface area contributed by atoms with E-state index in [2.05, 4.69) is 23.0 Å². The highest BCUT2D eigenvalue weighted by molar-refractivity contribution is 5.95. The second-order valence-electron chi connectivity index (χ2n) is 12.7. The van der Waals surface area contributed by atoms with Crippen LogP contribution in [0.3, 0.4) is 0 Å². The minimum atomic E-state index is -0.621. The monoisotopic (exact) mass is 631 g/mol. The number of allylic oxidation sites excluding steroid dienone is 1. The SMILES string of the molecule is C=CCCCCOc1cc(C(=O)OC)ccc1C1CN(CC=C)CCN1Cc1c(OC)cc(C)c2c1ccn2C(=O)OC(C)(C)C. The number of piperazine rings is 1. The molecule has 2 heterocycles. The molecule has 46 heavy (non-hydrogen) atoms. The summed E-state index contributed by atoms with van der Waals surface area (Å²) in [7, 11) is 3.06. The van der Waals surface area contributed by atoms with Crippen molar-refractivity contribution in [2.75, 3.05) is 47.0 Å². The van der Waals surface area contributed by atoms with E-state index in [1.165, 1.54) is 7.11 Å². The van der Waals surface area contributed by atoms with Crippen molar-refractivity contribution < 1.29 is 28.5 Å². The maximum absolute atomic E-state index is 13.2. The first-order chi connectivity index (χ1) is 22.0. The average molecular weight is 632 g/mol. The molecule has 9 nitrogen and oxygen atoms in total. The van der Waals surface area contributed by atoms with Crippen molar-refractivity contribution in [3.63, 3.8) is 0 Å². The van der Waals surface area contributed by atoms with Crippen LogP contribution in [0.15, 0.2) is 61.8 Å². The van der Waals surface area contributed by atoms with Gasteiger partial charge in [0.1, 0.15) is 17.1 Å². The molecule has 9 heteroatoms. The number of rotatable bonds is 13. The van der Waals surface area contributed by atoms with Crippen LogP contribution in [0, 0.1) is 6.92 Å². The van der Waals surface area contributed by atoms with Crippen molar-refractivity contribution >= 4 is 23.0 Å². The summed E-state index contributed by atoms with van der Waals surface area (Å²) in [5.74, 6) is 1.03. The van der Waals surface area contributed by atoms with Gasteiger partial charge in [-0.3, -0.25) is 14.4 Å². The minimum absolute atomic E-state index is 0.0578. The van der Waals surface area contributed by atoms with E-state index >= 15 is 0 Å². The number of ether oxygens (including phenoxy) is 4. The third kappa shape index (κ3) is 8.19.